The molecule has 2 N–H and O–H groups in total. The molecule has 0 aromatic carbocycles. The first-order valence-corrected chi connectivity index (χ1v) is 6.66. The maximum absolute atomic E-state index is 12.3. The number of carbonyl (C=O) groups is 1. The largest absolute Gasteiger partial charge is 0.378 e. The van der Waals surface area contributed by atoms with Gasteiger partial charge in [0.05, 0.1) is 11.7 Å². The Hall–Kier alpha value is -2.13. The molecule has 20 heavy (non-hydrogen) atoms. The number of pyridine rings is 1. The van der Waals surface area contributed by atoms with E-state index in [4.69, 9.17) is 10.00 Å². The van der Waals surface area contributed by atoms with Crippen LogP contribution < -0.4 is 10.9 Å². The van der Waals surface area contributed by atoms with Crippen LogP contribution in [0.5, 0.6) is 0 Å². The molecule has 0 unspecified atom stereocenters. The van der Waals surface area contributed by atoms with E-state index in [9.17, 15) is 9.59 Å². The number of ether oxygens (including phenoxy) is 1. The van der Waals surface area contributed by atoms with Crippen LogP contribution in [0.2, 0.25) is 0 Å². The summed E-state index contributed by atoms with van der Waals surface area (Å²) < 4.78 is 5.50. The van der Waals surface area contributed by atoms with Gasteiger partial charge in [0.2, 0.25) is 0 Å². The number of hydrogen-bond acceptors (Lipinski definition) is 4. The number of rotatable bonds is 2. The molecule has 0 spiro atoms. The number of carbonyl (C=O) groups excluding carboxylic acids is 1. The lowest BCUT2D eigenvalue weighted by atomic mass is 9.76. The first kappa shape index (κ1) is 12.9. The quantitative estimate of drug-likeness (QED) is 0.818. The standard InChI is InChI=1S/C14H15N3O3/c1-7-10(4-8(6-15)13(18)16-7)14(19)17-11-5-12-9(11)2-3-20-12/h4,9,11-12H,2-3,5H2,1H3,(H,16,18)(H,17,19)/t9-,11-,12+/m1/s1. The van der Waals surface area contributed by atoms with Crippen molar-refractivity contribution in [3.8, 4) is 6.07 Å². The fourth-order valence-electron chi connectivity index (χ4n) is 2.95. The molecule has 0 radical (unpaired) electrons. The third-order valence-corrected chi connectivity index (χ3v) is 4.18. The van der Waals surface area contributed by atoms with E-state index in [0.717, 1.165) is 19.4 Å². The van der Waals surface area contributed by atoms with Gasteiger partial charge in [-0.15, -0.1) is 0 Å². The van der Waals surface area contributed by atoms with Gasteiger partial charge >= 0.3 is 0 Å². The number of nitrogens with one attached hydrogen (secondary N) is 2. The summed E-state index contributed by atoms with van der Waals surface area (Å²) in [6.07, 6.45) is 2.10. The van der Waals surface area contributed by atoms with E-state index in [-0.39, 0.29) is 23.6 Å². The molecule has 1 aromatic heterocycles. The molecule has 2 aliphatic rings. The number of fused-ring (bicyclic) bond motifs is 1. The topological polar surface area (TPSA) is 95.0 Å². The van der Waals surface area contributed by atoms with Crippen molar-refractivity contribution in [1.29, 1.82) is 5.26 Å². The Morgan fingerprint density at radius 2 is 2.40 bits per heavy atom. The molecule has 3 atom stereocenters. The second kappa shape index (κ2) is 4.76. The van der Waals surface area contributed by atoms with Gasteiger partial charge in [-0.25, -0.2) is 0 Å². The smallest absolute Gasteiger partial charge is 0.266 e. The molecule has 1 saturated carbocycles. The van der Waals surface area contributed by atoms with Gasteiger partial charge in [-0.2, -0.15) is 5.26 Å². The van der Waals surface area contributed by atoms with Crippen molar-refractivity contribution in [3.05, 3.63) is 33.2 Å². The first-order chi connectivity index (χ1) is 9.60. The van der Waals surface area contributed by atoms with Gasteiger partial charge in [-0.1, -0.05) is 0 Å². The monoisotopic (exact) mass is 273 g/mol. The third kappa shape index (κ3) is 2.00. The first-order valence-electron chi connectivity index (χ1n) is 6.66. The van der Waals surface area contributed by atoms with Gasteiger partial charge < -0.3 is 15.0 Å². The summed E-state index contributed by atoms with van der Waals surface area (Å²) in [4.78, 5) is 26.2. The average Bonchev–Trinajstić information content (AvgIpc) is 2.77. The number of nitriles is 1. The zero-order valence-electron chi connectivity index (χ0n) is 11.1. The Kier molecular flexibility index (Phi) is 3.07. The molecule has 0 bridgehead atoms. The minimum absolute atomic E-state index is 0.0450. The Morgan fingerprint density at radius 3 is 3.10 bits per heavy atom. The predicted molar refractivity (Wildman–Crippen MR) is 70.2 cm³/mol. The Morgan fingerprint density at radius 1 is 1.60 bits per heavy atom. The van der Waals surface area contributed by atoms with E-state index in [0.29, 0.717) is 17.2 Å². The van der Waals surface area contributed by atoms with Gasteiger partial charge in [0.15, 0.2) is 0 Å². The normalized spacial score (nSPS) is 27.3. The second-order valence-corrected chi connectivity index (χ2v) is 5.34. The van der Waals surface area contributed by atoms with E-state index in [1.807, 2.05) is 0 Å². The molecule has 1 aliphatic carbocycles. The van der Waals surface area contributed by atoms with Crippen LogP contribution >= 0.6 is 0 Å². The zero-order valence-corrected chi connectivity index (χ0v) is 11.1. The van der Waals surface area contributed by atoms with Crippen molar-refractivity contribution < 1.29 is 9.53 Å². The lowest BCUT2D eigenvalue weighted by Crippen LogP contribution is -2.53. The van der Waals surface area contributed by atoms with Crippen LogP contribution in [0.3, 0.4) is 0 Å². The molecule has 1 aliphatic heterocycles. The summed E-state index contributed by atoms with van der Waals surface area (Å²) in [6.45, 7) is 2.41. The van der Waals surface area contributed by atoms with Crippen LogP contribution in [0.25, 0.3) is 0 Å². The number of aryl methyl sites for hydroxylation is 1. The van der Waals surface area contributed by atoms with Crippen LogP contribution in [-0.4, -0.2) is 29.6 Å². The molecule has 6 nitrogen and oxygen atoms in total. The van der Waals surface area contributed by atoms with E-state index < -0.39 is 5.56 Å². The van der Waals surface area contributed by atoms with Gasteiger partial charge in [0, 0.05) is 24.3 Å². The Labute approximate surface area is 115 Å². The summed E-state index contributed by atoms with van der Waals surface area (Å²) in [7, 11) is 0. The van der Waals surface area contributed by atoms with Crippen LogP contribution in [0, 0.1) is 24.2 Å². The van der Waals surface area contributed by atoms with Crippen LogP contribution in [-0.2, 0) is 4.74 Å². The molecule has 1 aromatic rings. The predicted octanol–water partition coefficient (Wildman–Crippen LogP) is 0.462. The van der Waals surface area contributed by atoms with Crippen molar-refractivity contribution in [2.45, 2.75) is 31.9 Å². The molecule has 2 fully saturated rings. The van der Waals surface area contributed by atoms with Crippen LogP contribution in [0.1, 0.15) is 34.5 Å². The van der Waals surface area contributed by atoms with Crippen LogP contribution in [0.15, 0.2) is 10.9 Å². The second-order valence-electron chi connectivity index (χ2n) is 5.34. The lowest BCUT2D eigenvalue weighted by molar-refractivity contribution is 0.00808. The number of aromatic amines is 1. The average molecular weight is 273 g/mol. The van der Waals surface area contributed by atoms with Crippen LogP contribution in [0.4, 0.5) is 0 Å². The molecule has 1 saturated heterocycles. The molecule has 6 heteroatoms. The third-order valence-electron chi connectivity index (χ3n) is 4.18. The SMILES string of the molecule is Cc1[nH]c(=O)c(C#N)cc1C(=O)N[C@@H]1C[C@@H]2OCC[C@@H]21. The van der Waals surface area contributed by atoms with Gasteiger partial charge in [-0.05, 0) is 25.8 Å². The van der Waals surface area contributed by atoms with E-state index in [2.05, 4.69) is 10.3 Å². The highest BCUT2D eigenvalue weighted by Crippen LogP contribution is 2.38. The Balaban J connectivity index is 1.78. The molecule has 1 amide bonds. The van der Waals surface area contributed by atoms with Crippen molar-refractivity contribution in [2.75, 3.05) is 6.61 Å². The highest BCUT2D eigenvalue weighted by Gasteiger charge is 2.45. The molecular weight excluding hydrogens is 258 g/mol. The van der Waals surface area contributed by atoms with Crippen molar-refractivity contribution in [2.24, 2.45) is 5.92 Å². The molecular formula is C14H15N3O3. The van der Waals surface area contributed by atoms with Gasteiger partial charge in [0.1, 0.15) is 11.6 Å². The lowest BCUT2D eigenvalue weighted by Gasteiger charge is -2.39. The number of hydrogen-bond donors (Lipinski definition) is 2. The maximum atomic E-state index is 12.3. The zero-order chi connectivity index (χ0) is 14.3. The summed E-state index contributed by atoms with van der Waals surface area (Å²) in [6, 6.07) is 3.28. The highest BCUT2D eigenvalue weighted by molar-refractivity contribution is 5.95. The summed E-state index contributed by atoms with van der Waals surface area (Å²) in [5.74, 6) is 0.156. The summed E-state index contributed by atoms with van der Waals surface area (Å²) >= 11 is 0. The number of H-pyrrole nitrogens is 1. The fourth-order valence-corrected chi connectivity index (χ4v) is 2.95. The molecule has 104 valence electrons. The van der Waals surface area contributed by atoms with Crippen molar-refractivity contribution >= 4 is 5.91 Å². The highest BCUT2D eigenvalue weighted by atomic mass is 16.5. The fraction of sp³-hybridized carbons (Fsp3) is 0.500. The number of aromatic nitrogens is 1. The minimum atomic E-state index is -0.463. The minimum Gasteiger partial charge on any atom is -0.378 e. The Bertz CT molecular complexity index is 659. The summed E-state index contributed by atoms with van der Waals surface area (Å²) in [5.41, 5.74) is 0.319. The van der Waals surface area contributed by atoms with Crippen molar-refractivity contribution in [1.82, 2.24) is 10.3 Å². The molecule has 3 rings (SSSR count). The van der Waals surface area contributed by atoms with E-state index >= 15 is 0 Å². The van der Waals surface area contributed by atoms with Gasteiger partial charge in [-0.3, -0.25) is 9.59 Å². The van der Waals surface area contributed by atoms with E-state index in [1.165, 1.54) is 6.07 Å². The maximum Gasteiger partial charge on any atom is 0.266 e. The van der Waals surface area contributed by atoms with Crippen molar-refractivity contribution in [3.63, 3.8) is 0 Å². The van der Waals surface area contributed by atoms with E-state index in [1.54, 1.807) is 13.0 Å². The number of nitrogens with zero attached hydrogens (tertiary/aromatic N) is 1. The number of amides is 1. The molecule has 2 heterocycles. The summed E-state index contributed by atoms with van der Waals surface area (Å²) in [5, 5.41) is 11.8. The van der Waals surface area contributed by atoms with Gasteiger partial charge in [0.25, 0.3) is 11.5 Å².